The summed E-state index contributed by atoms with van der Waals surface area (Å²) in [6.07, 6.45) is 4.53. The van der Waals surface area contributed by atoms with Gasteiger partial charge in [0, 0.05) is 61.4 Å². The summed E-state index contributed by atoms with van der Waals surface area (Å²) in [7, 11) is -1.99. The Morgan fingerprint density at radius 2 is 1.84 bits per heavy atom. The molecular weight excluding hydrogens is 493 g/mol. The molecular formula is C26H38FN5O4Si. The zero-order chi connectivity index (χ0) is 27.1. The fourth-order valence-corrected chi connectivity index (χ4v) is 4.45. The van der Waals surface area contributed by atoms with Gasteiger partial charge in [0.05, 0.1) is 18.9 Å². The van der Waals surface area contributed by atoms with Gasteiger partial charge in [0.25, 0.3) is 0 Å². The van der Waals surface area contributed by atoms with E-state index in [4.69, 9.17) is 15.0 Å². The molecule has 1 fully saturated rings. The predicted octanol–water partition coefficient (Wildman–Crippen LogP) is 5.26. The van der Waals surface area contributed by atoms with Crippen molar-refractivity contribution in [1.29, 1.82) is 0 Å². The molecule has 202 valence electrons. The van der Waals surface area contributed by atoms with Crippen molar-refractivity contribution < 1.29 is 23.2 Å². The van der Waals surface area contributed by atoms with Crippen molar-refractivity contribution in [2.75, 3.05) is 31.2 Å². The number of amides is 1. The third-order valence-corrected chi connectivity index (χ3v) is 11.3. The predicted molar refractivity (Wildman–Crippen MR) is 144 cm³/mol. The number of primary amides is 1. The van der Waals surface area contributed by atoms with E-state index in [2.05, 4.69) is 58.6 Å². The van der Waals surface area contributed by atoms with Gasteiger partial charge in [-0.05, 0) is 18.1 Å². The molecule has 1 saturated heterocycles. The lowest BCUT2D eigenvalue weighted by Gasteiger charge is -2.36. The number of piperidine rings is 1. The Morgan fingerprint density at radius 3 is 2.46 bits per heavy atom. The van der Waals surface area contributed by atoms with Crippen molar-refractivity contribution in [1.82, 2.24) is 9.97 Å². The maximum Gasteiger partial charge on any atom is 0.404 e. The van der Waals surface area contributed by atoms with E-state index >= 15 is 4.39 Å². The summed E-state index contributed by atoms with van der Waals surface area (Å²) in [6, 6.07) is 5.36. The number of rotatable bonds is 10. The molecule has 1 aromatic carbocycles. The monoisotopic (exact) mass is 531 g/mol. The summed E-state index contributed by atoms with van der Waals surface area (Å²) in [5.41, 5.74) is 7.50. The summed E-state index contributed by atoms with van der Waals surface area (Å²) in [5.74, 6) is 0.308. The van der Waals surface area contributed by atoms with Gasteiger partial charge in [0.1, 0.15) is 12.4 Å². The first-order chi connectivity index (χ1) is 17.5. The summed E-state index contributed by atoms with van der Waals surface area (Å²) in [5, 5.41) is 4.23. The van der Waals surface area contributed by atoms with Gasteiger partial charge in [0.15, 0.2) is 8.32 Å². The van der Waals surface area contributed by atoms with Crippen molar-refractivity contribution in [3.8, 4) is 11.1 Å². The van der Waals surface area contributed by atoms with Crippen LogP contribution in [0.2, 0.25) is 18.1 Å². The summed E-state index contributed by atoms with van der Waals surface area (Å²) >= 11 is 0. The number of nitrogens with zero attached hydrogens (tertiary/aromatic N) is 4. The Balaban J connectivity index is 1.55. The average molecular weight is 532 g/mol. The van der Waals surface area contributed by atoms with Gasteiger partial charge in [-0.3, -0.25) is 0 Å². The standard InChI is InChI=1S/C26H38FN5O4Si/c1-26(2,3)37(4,5)36-18-19-8-6-9-22(23(19)27)20-16-29-25(30-17-20)32-12-10-21(11-13-32)31-35-15-7-14-34-24(28)33/h6,8-9,16-17H,7,10-15,18H2,1-5H3,(H2,28,33). The van der Waals surface area contributed by atoms with Crippen molar-refractivity contribution in [3.63, 3.8) is 0 Å². The quantitative estimate of drug-likeness (QED) is 0.253. The van der Waals surface area contributed by atoms with Crippen LogP contribution in [0.15, 0.2) is 35.7 Å². The topological polar surface area (TPSA) is 112 Å². The van der Waals surface area contributed by atoms with E-state index in [0.29, 0.717) is 48.8 Å². The summed E-state index contributed by atoms with van der Waals surface area (Å²) in [6.45, 7) is 13.1. The zero-order valence-electron chi connectivity index (χ0n) is 22.4. The lowest BCUT2D eigenvalue weighted by molar-refractivity contribution is 0.108. The third-order valence-electron chi connectivity index (χ3n) is 6.86. The molecule has 37 heavy (non-hydrogen) atoms. The Morgan fingerprint density at radius 1 is 1.16 bits per heavy atom. The molecule has 2 aromatic rings. The number of benzene rings is 1. The van der Waals surface area contributed by atoms with Gasteiger partial charge in [0.2, 0.25) is 5.95 Å². The van der Waals surface area contributed by atoms with Crippen LogP contribution in [0.4, 0.5) is 15.1 Å². The van der Waals surface area contributed by atoms with Crippen LogP contribution in [0.1, 0.15) is 45.6 Å². The number of carbonyl (C=O) groups excluding carboxylic acids is 1. The average Bonchev–Trinajstić information content (AvgIpc) is 2.85. The SMILES string of the molecule is CC(C)(C)[Si](C)(C)OCc1cccc(-c2cnc(N3CCC(=NOCCCOC(N)=O)CC3)nc2)c1F. The fraction of sp³-hybridized carbons (Fsp3) is 0.538. The number of aromatic nitrogens is 2. The Labute approximate surface area is 219 Å². The number of hydrogen-bond donors (Lipinski definition) is 1. The normalized spacial score (nSPS) is 14.4. The third kappa shape index (κ3) is 7.96. The number of oxime groups is 1. The Hall–Kier alpha value is -3.05. The molecule has 1 aliphatic heterocycles. The summed E-state index contributed by atoms with van der Waals surface area (Å²) in [4.78, 5) is 26.9. The molecule has 1 amide bonds. The van der Waals surface area contributed by atoms with Gasteiger partial charge in [-0.2, -0.15) is 0 Å². The van der Waals surface area contributed by atoms with Gasteiger partial charge < -0.3 is 24.6 Å². The van der Waals surface area contributed by atoms with Crippen molar-refractivity contribution >= 4 is 26.1 Å². The van der Waals surface area contributed by atoms with Crippen molar-refractivity contribution in [2.24, 2.45) is 10.9 Å². The highest BCUT2D eigenvalue weighted by Crippen LogP contribution is 2.37. The van der Waals surface area contributed by atoms with Crippen LogP contribution in [0, 0.1) is 5.82 Å². The first kappa shape index (κ1) is 28.5. The smallest absolute Gasteiger partial charge is 0.404 e. The highest BCUT2D eigenvalue weighted by Gasteiger charge is 2.37. The maximum atomic E-state index is 15.4. The number of nitrogens with two attached hydrogens (primary N) is 1. The molecule has 9 nitrogen and oxygen atoms in total. The molecule has 3 rings (SSSR count). The van der Waals surface area contributed by atoms with E-state index in [1.807, 2.05) is 6.07 Å². The molecule has 11 heteroatoms. The minimum absolute atomic E-state index is 0.0570. The van der Waals surface area contributed by atoms with E-state index < -0.39 is 14.4 Å². The molecule has 0 spiro atoms. The first-order valence-electron chi connectivity index (χ1n) is 12.6. The van der Waals surface area contributed by atoms with Crippen LogP contribution in [0.5, 0.6) is 0 Å². The number of halogens is 1. The van der Waals surface area contributed by atoms with Gasteiger partial charge >= 0.3 is 6.09 Å². The van der Waals surface area contributed by atoms with Crippen molar-refractivity contribution in [3.05, 3.63) is 42.0 Å². The summed E-state index contributed by atoms with van der Waals surface area (Å²) < 4.78 is 26.2. The number of hydrogen-bond acceptors (Lipinski definition) is 8. The molecule has 0 unspecified atom stereocenters. The second-order valence-corrected chi connectivity index (χ2v) is 15.4. The molecule has 0 bridgehead atoms. The number of anilines is 1. The molecule has 0 atom stereocenters. The van der Waals surface area contributed by atoms with Crippen LogP contribution in [-0.2, 0) is 20.6 Å². The minimum Gasteiger partial charge on any atom is -0.450 e. The first-order valence-corrected chi connectivity index (χ1v) is 15.5. The highest BCUT2D eigenvalue weighted by molar-refractivity contribution is 6.74. The Bertz CT molecular complexity index is 1080. The van der Waals surface area contributed by atoms with E-state index in [1.54, 1.807) is 24.5 Å². The molecule has 0 aliphatic carbocycles. The largest absolute Gasteiger partial charge is 0.450 e. The molecule has 2 N–H and O–H groups in total. The zero-order valence-corrected chi connectivity index (χ0v) is 23.4. The number of ether oxygens (including phenoxy) is 1. The van der Waals surface area contributed by atoms with Crippen LogP contribution in [0.25, 0.3) is 11.1 Å². The molecule has 0 radical (unpaired) electrons. The van der Waals surface area contributed by atoms with E-state index in [9.17, 15) is 4.79 Å². The van der Waals surface area contributed by atoms with Gasteiger partial charge in [-0.25, -0.2) is 19.2 Å². The second-order valence-electron chi connectivity index (χ2n) is 10.6. The van der Waals surface area contributed by atoms with E-state index in [1.165, 1.54) is 0 Å². The molecule has 2 heterocycles. The van der Waals surface area contributed by atoms with Crippen LogP contribution in [0.3, 0.4) is 0 Å². The van der Waals surface area contributed by atoms with Crippen LogP contribution in [-0.4, -0.2) is 56.4 Å². The van der Waals surface area contributed by atoms with Crippen LogP contribution >= 0.6 is 0 Å². The minimum atomic E-state index is -1.99. The van der Waals surface area contributed by atoms with E-state index in [-0.39, 0.29) is 24.1 Å². The molecule has 1 aromatic heterocycles. The second kappa shape index (κ2) is 12.5. The number of carbonyl (C=O) groups is 1. The highest BCUT2D eigenvalue weighted by atomic mass is 28.4. The molecule has 0 saturated carbocycles. The fourth-order valence-electron chi connectivity index (χ4n) is 3.50. The van der Waals surface area contributed by atoms with Crippen LogP contribution < -0.4 is 10.6 Å². The van der Waals surface area contributed by atoms with E-state index in [0.717, 1.165) is 18.6 Å². The lowest BCUT2D eigenvalue weighted by Crippen LogP contribution is -2.40. The van der Waals surface area contributed by atoms with Gasteiger partial charge in [-0.1, -0.05) is 44.1 Å². The maximum absolute atomic E-state index is 15.4. The lowest BCUT2D eigenvalue weighted by atomic mass is 10.1. The van der Waals surface area contributed by atoms with Gasteiger partial charge in [-0.15, -0.1) is 0 Å². The molecule has 1 aliphatic rings. The van der Waals surface area contributed by atoms with Crippen molar-refractivity contribution in [2.45, 2.75) is 64.8 Å². The Kier molecular flexibility index (Phi) is 9.60.